The Balaban J connectivity index is 1.72. The number of fused-ring (bicyclic) bond motifs is 9. The fraction of sp³-hybridized carbons (Fsp3) is 0. The van der Waals surface area contributed by atoms with Crippen molar-refractivity contribution in [1.29, 1.82) is 0 Å². The predicted molar refractivity (Wildman–Crippen MR) is 158 cm³/mol. The first-order valence-corrected chi connectivity index (χ1v) is 12.8. The van der Waals surface area contributed by atoms with Crippen molar-refractivity contribution in [3.8, 4) is 22.4 Å². The van der Waals surface area contributed by atoms with Crippen molar-refractivity contribution in [2.75, 3.05) is 0 Å². The summed E-state index contributed by atoms with van der Waals surface area (Å²) in [7, 11) is 0. The van der Waals surface area contributed by atoms with Gasteiger partial charge in [0.25, 0.3) is 0 Å². The molecule has 0 unspecified atom stereocenters. The zero-order valence-corrected chi connectivity index (χ0v) is 20.2. The van der Waals surface area contributed by atoms with Gasteiger partial charge in [-0.2, -0.15) is 0 Å². The molecule has 0 N–H and O–H groups in total. The first-order chi connectivity index (χ1) is 18.4. The van der Waals surface area contributed by atoms with E-state index in [2.05, 4.69) is 144 Å². The average molecular weight is 470 g/mol. The summed E-state index contributed by atoms with van der Waals surface area (Å²) in [4.78, 5) is 0. The number of rotatable bonds is 2. The Bertz CT molecular complexity index is 2110. The highest BCUT2D eigenvalue weighted by Gasteiger charge is 2.20. The molecule has 0 bridgehead atoms. The molecule has 0 atom stereocenters. The van der Waals surface area contributed by atoms with Crippen LogP contribution in [0.25, 0.3) is 71.1 Å². The Morgan fingerprint density at radius 2 is 0.946 bits per heavy atom. The van der Waals surface area contributed by atoms with Crippen molar-refractivity contribution < 1.29 is 0 Å². The normalized spacial score (nSPS) is 11.8. The van der Waals surface area contributed by atoms with Crippen LogP contribution in [-0.2, 0) is 0 Å². The summed E-state index contributed by atoms with van der Waals surface area (Å²) in [5, 5.41) is 8.91. The summed E-state index contributed by atoms with van der Waals surface area (Å²) < 4.78 is 2.52. The minimum Gasteiger partial charge on any atom is -0.307 e. The summed E-state index contributed by atoms with van der Waals surface area (Å²) in [6, 6.07) is 50.8. The van der Waals surface area contributed by atoms with Gasteiger partial charge in [-0.05, 0) is 50.9 Å². The van der Waals surface area contributed by atoms with Gasteiger partial charge in [0.15, 0.2) is 0 Å². The van der Waals surface area contributed by atoms with Gasteiger partial charge in [0.2, 0.25) is 0 Å². The molecule has 172 valence electrons. The smallest absolute Gasteiger partial charge is 0.0620 e. The van der Waals surface area contributed by atoms with Crippen molar-refractivity contribution in [3.05, 3.63) is 140 Å². The molecule has 0 aliphatic carbocycles. The first-order valence-electron chi connectivity index (χ1n) is 12.8. The van der Waals surface area contributed by atoms with E-state index in [0.717, 1.165) is 0 Å². The number of aromatic nitrogens is 1. The van der Waals surface area contributed by atoms with Crippen molar-refractivity contribution in [1.82, 2.24) is 4.40 Å². The molecular formula is C36H23N. The van der Waals surface area contributed by atoms with E-state index in [1.807, 2.05) is 0 Å². The van der Waals surface area contributed by atoms with E-state index in [0.29, 0.717) is 0 Å². The van der Waals surface area contributed by atoms with Crippen LogP contribution >= 0.6 is 0 Å². The van der Waals surface area contributed by atoms with Gasteiger partial charge in [0.1, 0.15) is 0 Å². The van der Waals surface area contributed by atoms with E-state index in [1.54, 1.807) is 0 Å². The maximum atomic E-state index is 2.52. The largest absolute Gasteiger partial charge is 0.307 e. The molecule has 0 amide bonds. The lowest BCUT2D eigenvalue weighted by Crippen LogP contribution is -1.95. The van der Waals surface area contributed by atoms with Gasteiger partial charge < -0.3 is 4.40 Å². The Morgan fingerprint density at radius 1 is 0.351 bits per heavy atom. The molecule has 8 rings (SSSR count). The number of nitrogens with zero attached hydrogens (tertiary/aromatic N) is 1. The summed E-state index contributed by atoms with van der Waals surface area (Å²) in [6.45, 7) is 0. The number of benzene rings is 6. The lowest BCUT2D eigenvalue weighted by molar-refractivity contribution is 1.29. The highest BCUT2D eigenvalue weighted by Crippen LogP contribution is 2.43. The van der Waals surface area contributed by atoms with Crippen molar-refractivity contribution in [2.24, 2.45) is 0 Å². The third-order valence-corrected chi connectivity index (χ3v) is 7.71. The lowest BCUT2D eigenvalue weighted by atomic mass is 9.96. The van der Waals surface area contributed by atoms with Crippen LogP contribution in [0.3, 0.4) is 0 Å². The summed E-state index contributed by atoms with van der Waals surface area (Å²) in [5.41, 5.74) is 7.44. The van der Waals surface area contributed by atoms with E-state index in [4.69, 9.17) is 0 Å². The van der Waals surface area contributed by atoms with E-state index in [9.17, 15) is 0 Å². The first kappa shape index (κ1) is 20.3. The monoisotopic (exact) mass is 469 g/mol. The Kier molecular flexibility index (Phi) is 4.29. The molecule has 1 heteroatoms. The fourth-order valence-electron chi connectivity index (χ4n) is 6.04. The van der Waals surface area contributed by atoms with Crippen LogP contribution in [-0.4, -0.2) is 4.40 Å². The number of hydrogen-bond acceptors (Lipinski definition) is 0. The third-order valence-electron chi connectivity index (χ3n) is 7.71. The molecule has 0 aliphatic heterocycles. The molecular weight excluding hydrogens is 446 g/mol. The van der Waals surface area contributed by atoms with Crippen LogP contribution in [0, 0.1) is 0 Å². The Morgan fingerprint density at radius 3 is 1.68 bits per heavy atom. The Labute approximate surface area is 214 Å². The van der Waals surface area contributed by atoms with E-state index in [1.165, 1.54) is 71.1 Å². The minimum atomic E-state index is 1.21. The van der Waals surface area contributed by atoms with Crippen molar-refractivity contribution in [3.63, 3.8) is 0 Å². The van der Waals surface area contributed by atoms with Gasteiger partial charge in [-0.1, -0.05) is 121 Å². The van der Waals surface area contributed by atoms with E-state index in [-0.39, 0.29) is 0 Å². The molecule has 0 aliphatic rings. The molecule has 2 heterocycles. The van der Waals surface area contributed by atoms with Gasteiger partial charge in [-0.3, -0.25) is 0 Å². The topological polar surface area (TPSA) is 4.41 Å². The molecule has 37 heavy (non-hydrogen) atoms. The molecule has 0 saturated carbocycles. The zero-order valence-electron chi connectivity index (χ0n) is 20.2. The second-order valence-corrected chi connectivity index (χ2v) is 9.79. The van der Waals surface area contributed by atoms with Gasteiger partial charge in [-0.25, -0.2) is 0 Å². The standard InChI is InChI=1S/C36H23N/c1-3-11-24(12-4-1)31-23-34(26-14-5-2-6-15-26)37-35-29-18-10-9-13-25(29)19-20-30(35)32-21-27-16-7-8-17-28(27)22-33(32)36(31)37/h1-23H. The minimum absolute atomic E-state index is 1.21. The van der Waals surface area contributed by atoms with Crippen LogP contribution in [0.1, 0.15) is 0 Å². The Hall–Kier alpha value is -4.88. The molecule has 0 radical (unpaired) electrons. The van der Waals surface area contributed by atoms with Crippen LogP contribution in [0.15, 0.2) is 140 Å². The lowest BCUT2D eigenvalue weighted by Gasteiger charge is -2.16. The average Bonchev–Trinajstić information content (AvgIpc) is 3.38. The molecule has 1 nitrogen and oxygen atoms in total. The highest BCUT2D eigenvalue weighted by atomic mass is 14.9. The molecule has 8 aromatic rings. The van der Waals surface area contributed by atoms with E-state index < -0.39 is 0 Å². The van der Waals surface area contributed by atoms with Gasteiger partial charge in [0, 0.05) is 21.7 Å². The maximum absolute atomic E-state index is 2.52. The summed E-state index contributed by atoms with van der Waals surface area (Å²) in [6.07, 6.45) is 0. The molecule has 6 aromatic carbocycles. The quantitative estimate of drug-likeness (QED) is 0.175. The van der Waals surface area contributed by atoms with Crippen LogP contribution in [0.2, 0.25) is 0 Å². The molecule has 2 aromatic heterocycles. The van der Waals surface area contributed by atoms with Gasteiger partial charge in [0.05, 0.1) is 16.7 Å². The molecule has 0 saturated heterocycles. The fourth-order valence-corrected chi connectivity index (χ4v) is 6.04. The van der Waals surface area contributed by atoms with Gasteiger partial charge in [-0.15, -0.1) is 0 Å². The molecule has 0 spiro atoms. The van der Waals surface area contributed by atoms with E-state index >= 15 is 0 Å². The SMILES string of the molecule is c1ccc(-c2cc(-c3ccccc3)n3c2c2cc4ccccc4cc2c2ccc4ccccc4c23)cc1. The highest BCUT2D eigenvalue weighted by molar-refractivity contribution is 6.24. The van der Waals surface area contributed by atoms with Crippen LogP contribution in [0.4, 0.5) is 0 Å². The third kappa shape index (κ3) is 2.98. The second-order valence-electron chi connectivity index (χ2n) is 9.79. The van der Waals surface area contributed by atoms with Gasteiger partial charge >= 0.3 is 0 Å². The number of hydrogen-bond donors (Lipinski definition) is 0. The second kappa shape index (κ2) is 7.81. The molecule has 0 fully saturated rings. The van der Waals surface area contributed by atoms with Crippen molar-refractivity contribution >= 4 is 48.7 Å². The zero-order chi connectivity index (χ0) is 24.3. The van der Waals surface area contributed by atoms with Crippen LogP contribution in [0.5, 0.6) is 0 Å². The van der Waals surface area contributed by atoms with Crippen LogP contribution < -0.4 is 0 Å². The van der Waals surface area contributed by atoms with Crippen molar-refractivity contribution in [2.45, 2.75) is 0 Å². The summed E-state index contributed by atoms with van der Waals surface area (Å²) >= 11 is 0. The maximum Gasteiger partial charge on any atom is 0.0620 e. The summed E-state index contributed by atoms with van der Waals surface area (Å²) in [5.74, 6) is 0. The number of pyridine rings is 1. The predicted octanol–water partition coefficient (Wildman–Crippen LogP) is 9.89.